The zero-order valence-electron chi connectivity index (χ0n) is 18.2. The monoisotopic (exact) mass is 471 g/mol. The molecular formula is C24H26ClN3OS2. The van der Waals surface area contributed by atoms with Crippen LogP contribution in [0, 0.1) is 13.8 Å². The minimum Gasteiger partial charge on any atom is -0.334 e. The van der Waals surface area contributed by atoms with Crippen LogP contribution < -0.4 is 4.90 Å². The summed E-state index contributed by atoms with van der Waals surface area (Å²) in [6.45, 7) is 9.87. The fraction of sp³-hybridized carbons (Fsp3) is 0.333. The lowest BCUT2D eigenvalue weighted by molar-refractivity contribution is -0.122. The number of fused-ring (bicyclic) bond motifs is 1. The molecule has 4 nitrogen and oxygen atoms in total. The lowest BCUT2D eigenvalue weighted by atomic mass is 10.1. The van der Waals surface area contributed by atoms with E-state index in [1.54, 1.807) is 11.8 Å². The highest BCUT2D eigenvalue weighted by atomic mass is 35.5. The summed E-state index contributed by atoms with van der Waals surface area (Å²) in [5, 5.41) is 2.44. The van der Waals surface area contributed by atoms with E-state index in [1.165, 1.54) is 22.9 Å². The topological polar surface area (TPSA) is 35.9 Å². The van der Waals surface area contributed by atoms with Crippen LogP contribution in [0.25, 0.3) is 0 Å². The summed E-state index contributed by atoms with van der Waals surface area (Å²) in [5.41, 5.74) is 4.39. The molecule has 0 unspecified atom stereocenters. The van der Waals surface area contributed by atoms with Crippen LogP contribution in [0.5, 0.6) is 0 Å². The predicted octanol–water partition coefficient (Wildman–Crippen LogP) is 7.12. The molecular weight excluding hydrogens is 446 g/mol. The van der Waals surface area contributed by atoms with Crippen LogP contribution in [0.4, 0.5) is 11.4 Å². The molecule has 31 heavy (non-hydrogen) atoms. The second-order valence-corrected chi connectivity index (χ2v) is 10.1. The molecule has 0 radical (unpaired) electrons. The Morgan fingerprint density at radius 3 is 2.52 bits per heavy atom. The number of hydrogen-bond acceptors (Lipinski definition) is 5. The second kappa shape index (κ2) is 9.31. The van der Waals surface area contributed by atoms with Crippen molar-refractivity contribution in [3.8, 4) is 0 Å². The summed E-state index contributed by atoms with van der Waals surface area (Å²) < 4.78 is 0. The van der Waals surface area contributed by atoms with E-state index < -0.39 is 0 Å². The van der Waals surface area contributed by atoms with E-state index in [-0.39, 0.29) is 5.91 Å². The highest BCUT2D eigenvalue weighted by Gasteiger charge is 2.39. The maximum Gasteiger partial charge on any atom is 0.269 e. The second-order valence-electron chi connectivity index (χ2n) is 7.67. The summed E-state index contributed by atoms with van der Waals surface area (Å²) in [6.07, 6.45) is 1.97. The van der Waals surface area contributed by atoms with Gasteiger partial charge < -0.3 is 4.90 Å². The Morgan fingerprint density at radius 1 is 1.00 bits per heavy atom. The van der Waals surface area contributed by atoms with Crippen molar-refractivity contribution in [2.24, 2.45) is 4.99 Å². The van der Waals surface area contributed by atoms with Gasteiger partial charge in [0.15, 0.2) is 5.17 Å². The van der Waals surface area contributed by atoms with Crippen molar-refractivity contribution in [3.63, 3.8) is 0 Å². The summed E-state index contributed by atoms with van der Waals surface area (Å²) in [7, 11) is 0. The van der Waals surface area contributed by atoms with Gasteiger partial charge in [0, 0.05) is 23.0 Å². The lowest BCUT2D eigenvalue weighted by Gasteiger charge is -2.19. The molecule has 0 spiro atoms. The minimum absolute atomic E-state index is 0.0425. The van der Waals surface area contributed by atoms with E-state index in [4.69, 9.17) is 16.6 Å². The number of amides is 1. The van der Waals surface area contributed by atoms with Crippen LogP contribution in [-0.4, -0.2) is 29.1 Å². The van der Waals surface area contributed by atoms with E-state index in [1.807, 2.05) is 29.2 Å². The van der Waals surface area contributed by atoms with Crippen LogP contribution in [0.2, 0.25) is 5.02 Å². The summed E-state index contributed by atoms with van der Waals surface area (Å²) in [4.78, 5) is 24.3. The molecule has 1 saturated heterocycles. The maximum absolute atomic E-state index is 13.5. The van der Waals surface area contributed by atoms with E-state index in [9.17, 15) is 4.79 Å². The summed E-state index contributed by atoms with van der Waals surface area (Å²) in [6, 6.07) is 12.1. The zero-order chi connectivity index (χ0) is 22.1. The number of amidine groups is 1. The Balaban J connectivity index is 1.75. The van der Waals surface area contributed by atoms with Crippen molar-refractivity contribution in [2.75, 3.05) is 18.0 Å². The Labute approximate surface area is 197 Å². The molecule has 2 heterocycles. The number of benzene rings is 2. The molecule has 0 atom stereocenters. The van der Waals surface area contributed by atoms with Crippen molar-refractivity contribution >= 4 is 57.6 Å². The van der Waals surface area contributed by atoms with Crippen LogP contribution in [0.3, 0.4) is 0 Å². The number of nitrogens with zero attached hydrogens (tertiary/aromatic N) is 3. The van der Waals surface area contributed by atoms with Gasteiger partial charge in [-0.2, -0.15) is 0 Å². The Morgan fingerprint density at radius 2 is 1.81 bits per heavy atom. The SMILES string of the molecule is CCCCN1C(=O)/C(=C2/Sc3ccc(Cl)cc3N2CC)SC1=Nc1ccc(C)c(C)c1. The third-order valence-corrected chi connectivity index (χ3v) is 8.10. The van der Waals surface area contributed by atoms with Gasteiger partial charge in [-0.25, -0.2) is 4.99 Å². The first-order chi connectivity index (χ1) is 14.9. The van der Waals surface area contributed by atoms with Gasteiger partial charge in [0.1, 0.15) is 9.93 Å². The van der Waals surface area contributed by atoms with Crippen LogP contribution in [-0.2, 0) is 4.79 Å². The van der Waals surface area contributed by atoms with E-state index >= 15 is 0 Å². The van der Waals surface area contributed by atoms with Crippen LogP contribution >= 0.6 is 35.1 Å². The molecule has 0 N–H and O–H groups in total. The van der Waals surface area contributed by atoms with Crippen LogP contribution in [0.1, 0.15) is 37.8 Å². The molecule has 0 aliphatic carbocycles. The number of unbranched alkanes of at least 4 members (excludes halogenated alkanes) is 1. The largest absolute Gasteiger partial charge is 0.334 e. The van der Waals surface area contributed by atoms with Gasteiger partial charge in [-0.1, -0.05) is 42.8 Å². The first-order valence-electron chi connectivity index (χ1n) is 10.6. The van der Waals surface area contributed by atoms with Gasteiger partial charge in [-0.05, 0) is 80.4 Å². The third kappa shape index (κ3) is 4.38. The summed E-state index contributed by atoms with van der Waals surface area (Å²) in [5.74, 6) is 0.0425. The van der Waals surface area contributed by atoms with Crippen molar-refractivity contribution in [3.05, 3.63) is 62.5 Å². The number of aliphatic imine (C=N–C) groups is 1. The van der Waals surface area contributed by atoms with Crippen molar-refractivity contribution in [1.29, 1.82) is 0 Å². The quantitative estimate of drug-likeness (QED) is 0.435. The number of anilines is 1. The van der Waals surface area contributed by atoms with E-state index in [0.717, 1.165) is 50.8 Å². The van der Waals surface area contributed by atoms with Gasteiger partial charge in [0.2, 0.25) is 0 Å². The normalized spacial score (nSPS) is 19.6. The molecule has 2 aliphatic heterocycles. The van der Waals surface area contributed by atoms with Crippen molar-refractivity contribution in [1.82, 2.24) is 4.90 Å². The minimum atomic E-state index is 0.0425. The molecule has 162 valence electrons. The number of carbonyl (C=O) groups excluding carboxylic acids is 1. The zero-order valence-corrected chi connectivity index (χ0v) is 20.6. The molecule has 2 aromatic rings. The Kier molecular flexibility index (Phi) is 6.70. The molecule has 2 aliphatic rings. The molecule has 0 saturated carbocycles. The van der Waals surface area contributed by atoms with Gasteiger partial charge in [0.25, 0.3) is 5.91 Å². The lowest BCUT2D eigenvalue weighted by Crippen LogP contribution is -2.30. The summed E-state index contributed by atoms with van der Waals surface area (Å²) >= 11 is 9.37. The number of hydrogen-bond donors (Lipinski definition) is 0. The van der Waals surface area contributed by atoms with Gasteiger partial charge >= 0.3 is 0 Å². The number of aryl methyl sites for hydroxylation is 2. The fourth-order valence-electron chi connectivity index (χ4n) is 3.58. The Hall–Kier alpha value is -1.89. The average molecular weight is 472 g/mol. The third-order valence-electron chi connectivity index (χ3n) is 5.49. The van der Waals surface area contributed by atoms with Gasteiger partial charge in [0.05, 0.1) is 11.4 Å². The highest BCUT2D eigenvalue weighted by Crippen LogP contribution is 2.51. The molecule has 0 aromatic heterocycles. The van der Waals surface area contributed by atoms with E-state index in [2.05, 4.69) is 44.7 Å². The first-order valence-corrected chi connectivity index (χ1v) is 12.6. The molecule has 1 amide bonds. The standard InChI is InChI=1S/C24H26ClN3OS2/c1-5-7-12-28-22(29)21(31-24(28)26-18-10-8-15(3)16(4)13-18)23-27(6-2)19-14-17(25)9-11-20(19)30-23/h8-11,13-14H,5-7,12H2,1-4H3/b23-21-,26-24?. The van der Waals surface area contributed by atoms with Gasteiger partial charge in [-0.3, -0.25) is 9.69 Å². The van der Waals surface area contributed by atoms with Crippen molar-refractivity contribution in [2.45, 2.75) is 45.4 Å². The number of rotatable bonds is 5. The first kappa shape index (κ1) is 22.3. The van der Waals surface area contributed by atoms with Crippen molar-refractivity contribution < 1.29 is 4.79 Å². The van der Waals surface area contributed by atoms with Crippen LogP contribution in [0.15, 0.2) is 56.2 Å². The molecule has 4 rings (SSSR count). The maximum atomic E-state index is 13.5. The smallest absolute Gasteiger partial charge is 0.269 e. The molecule has 7 heteroatoms. The average Bonchev–Trinajstić information content (AvgIpc) is 3.25. The predicted molar refractivity (Wildman–Crippen MR) is 135 cm³/mol. The number of thioether (sulfide) groups is 2. The molecule has 0 bridgehead atoms. The van der Waals surface area contributed by atoms with Gasteiger partial charge in [-0.15, -0.1) is 0 Å². The number of carbonyl (C=O) groups is 1. The molecule has 2 aromatic carbocycles. The number of halogens is 1. The van der Waals surface area contributed by atoms with E-state index in [0.29, 0.717) is 11.6 Å². The Bertz CT molecular complexity index is 1100. The highest BCUT2D eigenvalue weighted by molar-refractivity contribution is 8.19. The fourth-order valence-corrected chi connectivity index (χ4v) is 6.14. The molecule has 1 fully saturated rings.